The Morgan fingerprint density at radius 2 is 1.81 bits per heavy atom. The standard InChI is InChI=1S/C17H14O4/c1-17(20,16(18)19)15-9-13(11-5-3-2-4-6-11)14-10-21-8-7-12(14)15/h2-10,20H,1H3,(H,18,19). The molecule has 4 nitrogen and oxygen atoms in total. The molecule has 0 aromatic heterocycles. The first kappa shape index (κ1) is 13.4. The van der Waals surface area contributed by atoms with Crippen LogP contribution in [0, 0.1) is 0 Å². The van der Waals surface area contributed by atoms with Crippen molar-refractivity contribution in [3.63, 3.8) is 0 Å². The topological polar surface area (TPSA) is 70.7 Å². The molecule has 0 saturated heterocycles. The second-order valence-corrected chi connectivity index (χ2v) is 5.10. The monoisotopic (exact) mass is 282 g/mol. The maximum atomic E-state index is 11.3. The minimum atomic E-state index is -1.95. The molecule has 1 heterocycles. The zero-order valence-corrected chi connectivity index (χ0v) is 11.4. The lowest BCUT2D eigenvalue weighted by molar-refractivity contribution is -0.157. The van der Waals surface area contributed by atoms with Gasteiger partial charge in [0.2, 0.25) is 0 Å². The van der Waals surface area contributed by atoms with Crippen LogP contribution < -0.4 is 0 Å². The van der Waals surface area contributed by atoms with Crippen molar-refractivity contribution in [2.75, 3.05) is 0 Å². The third-order valence-electron chi connectivity index (χ3n) is 3.68. The van der Waals surface area contributed by atoms with E-state index in [1.165, 1.54) is 13.2 Å². The van der Waals surface area contributed by atoms with Gasteiger partial charge in [0, 0.05) is 11.1 Å². The van der Waals surface area contributed by atoms with Gasteiger partial charge in [-0.3, -0.25) is 0 Å². The van der Waals surface area contributed by atoms with Crippen LogP contribution in [0.15, 0.2) is 59.4 Å². The summed E-state index contributed by atoms with van der Waals surface area (Å²) in [6.45, 7) is 1.28. The highest BCUT2D eigenvalue weighted by Crippen LogP contribution is 2.43. The van der Waals surface area contributed by atoms with Crippen molar-refractivity contribution in [1.29, 1.82) is 0 Å². The normalized spacial score (nSPS) is 14.0. The second-order valence-electron chi connectivity index (χ2n) is 5.10. The van der Waals surface area contributed by atoms with Gasteiger partial charge in [-0.25, -0.2) is 4.79 Å². The lowest BCUT2D eigenvalue weighted by atomic mass is 9.94. The summed E-state index contributed by atoms with van der Waals surface area (Å²) in [5.74, 6) is -1.28. The lowest BCUT2D eigenvalue weighted by Gasteiger charge is -2.18. The van der Waals surface area contributed by atoms with Crippen LogP contribution >= 0.6 is 0 Å². The van der Waals surface area contributed by atoms with E-state index in [-0.39, 0.29) is 0 Å². The average Bonchev–Trinajstić information content (AvgIpc) is 2.88. The van der Waals surface area contributed by atoms with Gasteiger partial charge >= 0.3 is 5.97 Å². The van der Waals surface area contributed by atoms with Gasteiger partial charge < -0.3 is 14.6 Å². The number of fused-ring (bicyclic) bond motifs is 1. The first-order valence-electron chi connectivity index (χ1n) is 6.52. The maximum absolute atomic E-state index is 11.3. The number of carbonyl (C=O) groups is 1. The van der Waals surface area contributed by atoms with Gasteiger partial charge in [0.25, 0.3) is 0 Å². The number of aliphatic carboxylic acids is 1. The van der Waals surface area contributed by atoms with Crippen molar-refractivity contribution in [1.82, 2.24) is 0 Å². The van der Waals surface area contributed by atoms with Gasteiger partial charge in [-0.1, -0.05) is 30.3 Å². The molecular formula is C17H14O4. The third kappa shape index (κ3) is 2.10. The fourth-order valence-corrected chi connectivity index (χ4v) is 2.49. The highest BCUT2D eigenvalue weighted by atomic mass is 16.4. The van der Waals surface area contributed by atoms with Crippen LogP contribution in [0.5, 0.6) is 0 Å². The zero-order valence-electron chi connectivity index (χ0n) is 11.4. The molecule has 1 atom stereocenters. The Kier molecular flexibility index (Phi) is 3.03. The van der Waals surface area contributed by atoms with Gasteiger partial charge in [-0.15, -0.1) is 0 Å². The van der Waals surface area contributed by atoms with Gasteiger partial charge in [0.05, 0.1) is 12.5 Å². The van der Waals surface area contributed by atoms with Crippen molar-refractivity contribution in [2.45, 2.75) is 12.5 Å². The van der Waals surface area contributed by atoms with E-state index in [4.69, 9.17) is 4.42 Å². The summed E-state index contributed by atoms with van der Waals surface area (Å²) < 4.78 is 5.21. The maximum Gasteiger partial charge on any atom is 0.340 e. The van der Waals surface area contributed by atoms with E-state index in [9.17, 15) is 15.0 Å². The molecule has 1 unspecified atom stereocenters. The molecule has 106 valence electrons. The van der Waals surface area contributed by atoms with E-state index in [2.05, 4.69) is 0 Å². The Bertz CT molecular complexity index is 756. The molecular weight excluding hydrogens is 268 g/mol. The highest BCUT2D eigenvalue weighted by Gasteiger charge is 2.37. The number of aliphatic hydroxyl groups is 1. The second kappa shape index (κ2) is 4.75. The predicted molar refractivity (Wildman–Crippen MR) is 78.0 cm³/mol. The van der Waals surface area contributed by atoms with Gasteiger partial charge in [0.1, 0.15) is 0 Å². The number of hydrogen-bond acceptors (Lipinski definition) is 3. The first-order chi connectivity index (χ1) is 10.0. The Morgan fingerprint density at radius 3 is 2.48 bits per heavy atom. The molecule has 0 amide bonds. The molecule has 4 heteroatoms. The third-order valence-corrected chi connectivity index (χ3v) is 3.68. The number of rotatable bonds is 3. The van der Waals surface area contributed by atoms with Crippen LogP contribution in [0.25, 0.3) is 22.3 Å². The van der Waals surface area contributed by atoms with Crippen LogP contribution in [0.4, 0.5) is 0 Å². The van der Waals surface area contributed by atoms with Gasteiger partial charge in [-0.2, -0.15) is 0 Å². The molecule has 21 heavy (non-hydrogen) atoms. The molecule has 0 radical (unpaired) electrons. The quantitative estimate of drug-likeness (QED) is 0.773. The Labute approximate surface area is 121 Å². The molecule has 2 aliphatic rings. The molecule has 1 aromatic carbocycles. The van der Waals surface area contributed by atoms with E-state index >= 15 is 0 Å². The minimum Gasteiger partial charge on any atom is -0.479 e. The van der Waals surface area contributed by atoms with Crippen LogP contribution in [0.3, 0.4) is 0 Å². The van der Waals surface area contributed by atoms with E-state index in [0.29, 0.717) is 11.1 Å². The van der Waals surface area contributed by atoms with Crippen LogP contribution in [-0.4, -0.2) is 16.2 Å². The SMILES string of the molecule is CC(O)(C(=O)O)c1cc(-c2ccccc2)c2coccc1-2. The average molecular weight is 282 g/mol. The molecule has 3 rings (SSSR count). The molecule has 0 saturated carbocycles. The van der Waals surface area contributed by atoms with Crippen LogP contribution in [0.1, 0.15) is 12.5 Å². The largest absolute Gasteiger partial charge is 0.479 e. The molecule has 0 spiro atoms. The number of carboxylic acid groups (broad SMARTS) is 1. The highest BCUT2D eigenvalue weighted by molar-refractivity contribution is 5.93. The summed E-state index contributed by atoms with van der Waals surface area (Å²) in [5.41, 5.74) is 1.64. The molecule has 2 N–H and O–H groups in total. The van der Waals surface area contributed by atoms with Gasteiger partial charge in [0.15, 0.2) is 5.60 Å². The van der Waals surface area contributed by atoms with Crippen molar-refractivity contribution in [2.24, 2.45) is 0 Å². The van der Waals surface area contributed by atoms with E-state index < -0.39 is 11.6 Å². The minimum absolute atomic E-state index is 0.361. The number of benzene rings is 1. The fraction of sp³-hybridized carbons (Fsp3) is 0.118. The predicted octanol–water partition coefficient (Wildman–Crippen LogP) is 3.34. The van der Waals surface area contributed by atoms with Crippen molar-refractivity contribution in [3.05, 3.63) is 60.6 Å². The lowest BCUT2D eigenvalue weighted by Crippen LogP contribution is -2.31. The molecule has 1 aromatic rings. The van der Waals surface area contributed by atoms with Crippen molar-refractivity contribution in [3.8, 4) is 22.3 Å². The fourth-order valence-electron chi connectivity index (χ4n) is 2.49. The van der Waals surface area contributed by atoms with Crippen LogP contribution in [0.2, 0.25) is 0 Å². The van der Waals surface area contributed by atoms with E-state index in [0.717, 1.165) is 16.7 Å². The molecule has 1 aliphatic carbocycles. The summed E-state index contributed by atoms with van der Waals surface area (Å²) >= 11 is 0. The zero-order chi connectivity index (χ0) is 15.0. The summed E-state index contributed by atoms with van der Waals surface area (Å²) in [4.78, 5) is 11.3. The molecule has 0 fully saturated rings. The van der Waals surface area contributed by atoms with Crippen LogP contribution in [-0.2, 0) is 10.4 Å². The van der Waals surface area contributed by atoms with Crippen molar-refractivity contribution >= 4 is 5.97 Å². The summed E-state index contributed by atoms with van der Waals surface area (Å²) in [6.07, 6.45) is 3.04. The summed E-state index contributed by atoms with van der Waals surface area (Å²) in [7, 11) is 0. The van der Waals surface area contributed by atoms with E-state index in [1.54, 1.807) is 18.4 Å². The number of carboxylic acids is 1. The summed E-state index contributed by atoms with van der Waals surface area (Å²) in [5, 5.41) is 19.6. The smallest absolute Gasteiger partial charge is 0.340 e. The van der Waals surface area contributed by atoms with E-state index in [1.807, 2.05) is 30.3 Å². The Morgan fingerprint density at radius 1 is 1.10 bits per heavy atom. The number of hydrogen-bond donors (Lipinski definition) is 2. The first-order valence-corrected chi connectivity index (χ1v) is 6.52. The summed E-state index contributed by atoms with van der Waals surface area (Å²) in [6, 6.07) is 13.0. The molecule has 1 aliphatic heterocycles. The van der Waals surface area contributed by atoms with Gasteiger partial charge in [-0.05, 0) is 35.7 Å². The Balaban J connectivity index is 2.27. The Hall–Kier alpha value is -2.59. The molecule has 0 bridgehead atoms. The van der Waals surface area contributed by atoms with Crippen molar-refractivity contribution < 1.29 is 19.4 Å².